The predicted octanol–water partition coefficient (Wildman–Crippen LogP) is 3.28. The summed E-state index contributed by atoms with van der Waals surface area (Å²) in [5, 5.41) is 3.45. The zero-order valence-electron chi connectivity index (χ0n) is 13.3. The molecule has 3 amide bonds. The predicted molar refractivity (Wildman–Crippen MR) is 103 cm³/mol. The molecule has 2 aromatic rings. The molecule has 1 heterocycles. The van der Waals surface area contributed by atoms with E-state index in [1.807, 2.05) is 0 Å². The fourth-order valence-corrected chi connectivity index (χ4v) is 3.52. The Morgan fingerprint density at radius 2 is 1.54 bits per heavy atom. The maximum atomic E-state index is 12.3. The molecule has 3 rings (SSSR count). The molecule has 1 aliphatic rings. The van der Waals surface area contributed by atoms with E-state index < -0.39 is 24.3 Å². The van der Waals surface area contributed by atoms with E-state index in [0.717, 1.165) is 10.5 Å². The van der Waals surface area contributed by atoms with Crippen molar-refractivity contribution < 1.29 is 14.4 Å². The van der Waals surface area contributed by atoms with E-state index >= 15 is 0 Å². The summed E-state index contributed by atoms with van der Waals surface area (Å²) >= 11 is 17.0. The molecule has 0 fully saturated rings. The number of fused-ring (bicyclic) bond motifs is 1. The summed E-state index contributed by atoms with van der Waals surface area (Å²) < 4.78 is 0. The molecular weight excluding hydrogens is 395 g/mol. The highest BCUT2D eigenvalue weighted by atomic mass is 35.5. The van der Waals surface area contributed by atoms with Crippen molar-refractivity contribution in [1.29, 1.82) is 0 Å². The minimum atomic E-state index is -0.544. The molecule has 0 atom stereocenters. The Morgan fingerprint density at radius 3 is 2.08 bits per heavy atom. The van der Waals surface area contributed by atoms with Crippen LogP contribution in [-0.2, 0) is 11.2 Å². The highest BCUT2D eigenvalue weighted by molar-refractivity contribution is 7.80. The molecular formula is C18H12Cl2N2O3S. The van der Waals surface area contributed by atoms with Crippen LogP contribution in [0, 0.1) is 0 Å². The van der Waals surface area contributed by atoms with Crippen molar-refractivity contribution in [3.8, 4) is 0 Å². The Bertz CT molecular complexity index is 891. The molecule has 0 saturated heterocycles. The zero-order chi connectivity index (χ0) is 18.8. The Morgan fingerprint density at radius 1 is 1.00 bits per heavy atom. The van der Waals surface area contributed by atoms with E-state index in [1.54, 1.807) is 42.5 Å². The van der Waals surface area contributed by atoms with Crippen molar-refractivity contribution in [3.63, 3.8) is 0 Å². The highest BCUT2D eigenvalue weighted by Gasteiger charge is 2.36. The maximum absolute atomic E-state index is 12.3. The molecule has 0 bridgehead atoms. The van der Waals surface area contributed by atoms with Gasteiger partial charge in [-0.2, -0.15) is 0 Å². The Balaban J connectivity index is 1.62. The van der Waals surface area contributed by atoms with E-state index in [9.17, 15) is 14.4 Å². The molecule has 5 nitrogen and oxygen atoms in total. The lowest BCUT2D eigenvalue weighted by Crippen LogP contribution is -2.42. The molecule has 0 spiro atoms. The second-order valence-corrected chi connectivity index (χ2v) is 7.03. The van der Waals surface area contributed by atoms with Crippen molar-refractivity contribution in [3.05, 3.63) is 69.2 Å². The van der Waals surface area contributed by atoms with Gasteiger partial charge in [-0.05, 0) is 35.9 Å². The van der Waals surface area contributed by atoms with Crippen molar-refractivity contribution in [1.82, 2.24) is 10.2 Å². The molecule has 26 heavy (non-hydrogen) atoms. The molecule has 0 unspecified atom stereocenters. The smallest absolute Gasteiger partial charge is 0.262 e. The van der Waals surface area contributed by atoms with Crippen molar-refractivity contribution >= 4 is 58.1 Å². The summed E-state index contributed by atoms with van der Waals surface area (Å²) in [6.45, 7) is -0.400. The highest BCUT2D eigenvalue weighted by Crippen LogP contribution is 2.22. The number of imide groups is 1. The van der Waals surface area contributed by atoms with Crippen LogP contribution >= 0.6 is 35.4 Å². The number of hydrogen-bond donors (Lipinski definition) is 1. The van der Waals surface area contributed by atoms with Gasteiger partial charge in [-0.25, -0.2) is 0 Å². The number of hydrogen-bond acceptors (Lipinski definition) is 4. The molecule has 8 heteroatoms. The molecule has 0 aliphatic carbocycles. The summed E-state index contributed by atoms with van der Waals surface area (Å²) in [7, 11) is 0. The van der Waals surface area contributed by atoms with Crippen molar-refractivity contribution in [2.45, 2.75) is 6.42 Å². The maximum Gasteiger partial charge on any atom is 0.262 e. The van der Waals surface area contributed by atoms with Crippen LogP contribution in [0.2, 0.25) is 10.0 Å². The summed E-state index contributed by atoms with van der Waals surface area (Å²) in [6.07, 6.45) is 0.253. The first-order valence-electron chi connectivity index (χ1n) is 7.58. The van der Waals surface area contributed by atoms with Gasteiger partial charge in [0, 0.05) is 16.5 Å². The van der Waals surface area contributed by atoms with Gasteiger partial charge < -0.3 is 5.32 Å². The molecule has 0 saturated carbocycles. The van der Waals surface area contributed by atoms with Crippen LogP contribution in [0.4, 0.5) is 0 Å². The lowest BCUT2D eigenvalue weighted by atomic mass is 10.1. The van der Waals surface area contributed by atoms with E-state index in [-0.39, 0.29) is 11.4 Å². The van der Waals surface area contributed by atoms with Crippen molar-refractivity contribution in [2.24, 2.45) is 0 Å². The lowest BCUT2D eigenvalue weighted by molar-refractivity contribution is -0.120. The van der Waals surface area contributed by atoms with Gasteiger partial charge in [0.2, 0.25) is 5.91 Å². The van der Waals surface area contributed by atoms with Gasteiger partial charge in [-0.15, -0.1) is 0 Å². The Hall–Kier alpha value is -2.28. The van der Waals surface area contributed by atoms with Crippen LogP contribution < -0.4 is 5.32 Å². The number of halogens is 2. The number of nitrogens with one attached hydrogen (secondary N) is 1. The molecule has 1 N–H and O–H groups in total. The first-order valence-corrected chi connectivity index (χ1v) is 8.74. The number of carbonyl (C=O) groups is 3. The van der Waals surface area contributed by atoms with Crippen LogP contribution in [0.1, 0.15) is 26.3 Å². The molecule has 0 aromatic heterocycles. The average molecular weight is 407 g/mol. The molecule has 1 aliphatic heterocycles. The number of amides is 3. The number of carbonyl (C=O) groups excluding carboxylic acids is 3. The minimum absolute atomic E-state index is 0.241. The normalized spacial score (nSPS) is 12.9. The van der Waals surface area contributed by atoms with Gasteiger partial charge in [-0.3, -0.25) is 19.3 Å². The van der Waals surface area contributed by atoms with Crippen LogP contribution in [0.15, 0.2) is 42.5 Å². The first-order chi connectivity index (χ1) is 12.3. The van der Waals surface area contributed by atoms with E-state index in [2.05, 4.69) is 5.32 Å². The number of nitrogens with zero attached hydrogens (tertiary/aromatic N) is 1. The summed E-state index contributed by atoms with van der Waals surface area (Å²) in [6, 6.07) is 11.4. The van der Waals surface area contributed by atoms with E-state index in [1.165, 1.54) is 0 Å². The number of rotatable bonds is 4. The molecule has 2 aromatic carbocycles. The quantitative estimate of drug-likeness (QED) is 0.624. The number of benzene rings is 2. The van der Waals surface area contributed by atoms with Gasteiger partial charge in [0.1, 0.15) is 6.54 Å². The van der Waals surface area contributed by atoms with Crippen LogP contribution in [0.3, 0.4) is 0 Å². The summed E-state index contributed by atoms with van der Waals surface area (Å²) in [4.78, 5) is 37.8. The van der Waals surface area contributed by atoms with Crippen LogP contribution in [-0.4, -0.2) is 34.2 Å². The third-order valence-corrected chi connectivity index (χ3v) is 4.43. The number of thiocarbonyl (C=S) groups is 1. The standard InChI is InChI=1S/C18H12Cl2N2O3S/c19-11-5-10(6-12(20)8-11)7-16(26)21-15(23)9-22-17(24)13-3-1-2-4-14(13)18(22)25/h1-6,8H,7,9H2,(H,21,23,26). The fourth-order valence-electron chi connectivity index (χ4n) is 2.66. The lowest BCUT2D eigenvalue weighted by Gasteiger charge is -2.14. The van der Waals surface area contributed by atoms with Crippen LogP contribution in [0.5, 0.6) is 0 Å². The van der Waals surface area contributed by atoms with Gasteiger partial charge in [-0.1, -0.05) is 47.6 Å². The SMILES string of the molecule is O=C(CN1C(=O)c2ccccc2C1=O)NC(=S)Cc1cc(Cl)cc(Cl)c1. The van der Waals surface area contributed by atoms with Gasteiger partial charge in [0.25, 0.3) is 11.8 Å². The van der Waals surface area contributed by atoms with Gasteiger partial charge in [0.05, 0.1) is 16.1 Å². The fraction of sp³-hybridized carbons (Fsp3) is 0.111. The van der Waals surface area contributed by atoms with E-state index in [0.29, 0.717) is 21.2 Å². The average Bonchev–Trinajstić information content (AvgIpc) is 2.79. The first kappa shape index (κ1) is 18.5. The minimum Gasteiger partial charge on any atom is -0.319 e. The third kappa shape index (κ3) is 3.93. The molecule has 0 radical (unpaired) electrons. The summed E-state index contributed by atoms with van der Waals surface area (Å²) in [5.41, 5.74) is 1.33. The second-order valence-electron chi connectivity index (χ2n) is 5.67. The third-order valence-electron chi connectivity index (χ3n) is 3.75. The molecule has 132 valence electrons. The van der Waals surface area contributed by atoms with E-state index in [4.69, 9.17) is 35.4 Å². The topological polar surface area (TPSA) is 66.5 Å². The summed E-state index contributed by atoms with van der Waals surface area (Å²) in [5.74, 6) is -1.53. The zero-order valence-corrected chi connectivity index (χ0v) is 15.6. The Kier molecular flexibility index (Phi) is 5.36. The Labute approximate surface area is 164 Å². The monoisotopic (exact) mass is 406 g/mol. The van der Waals surface area contributed by atoms with Crippen LogP contribution in [0.25, 0.3) is 0 Å². The second kappa shape index (κ2) is 7.53. The van der Waals surface area contributed by atoms with Gasteiger partial charge >= 0.3 is 0 Å². The largest absolute Gasteiger partial charge is 0.319 e. The van der Waals surface area contributed by atoms with Crippen molar-refractivity contribution in [2.75, 3.05) is 6.54 Å². The van der Waals surface area contributed by atoms with Gasteiger partial charge in [0.15, 0.2) is 0 Å².